The number of rotatable bonds is 6. The molecule has 2 rings (SSSR count). The first-order valence-electron chi connectivity index (χ1n) is 7.76. The van der Waals surface area contributed by atoms with Crippen LogP contribution in [0.5, 0.6) is 0 Å². The third-order valence-corrected chi connectivity index (χ3v) is 7.07. The fourth-order valence-electron chi connectivity index (χ4n) is 2.16. The number of carbonyl (C=O) groups is 2. The van der Waals surface area contributed by atoms with E-state index in [4.69, 9.17) is 10.8 Å². The van der Waals surface area contributed by atoms with Gasteiger partial charge in [0.15, 0.2) is 0 Å². The number of sulfone groups is 1. The second kappa shape index (κ2) is 8.08. The van der Waals surface area contributed by atoms with Crippen LogP contribution in [0.15, 0.2) is 33.4 Å². The molecular weight excluding hydrogens is 440 g/mol. The normalized spacial score (nSPS) is 13.2. The Kier molecular flexibility index (Phi) is 6.35. The Morgan fingerprint density at radius 2 is 1.90 bits per heavy atom. The quantitative estimate of drug-likeness (QED) is 0.456. The van der Waals surface area contributed by atoms with Crippen molar-refractivity contribution in [2.45, 2.75) is 22.2 Å². The van der Waals surface area contributed by atoms with Crippen LogP contribution in [-0.4, -0.2) is 31.9 Å². The molecule has 1 atom stereocenters. The van der Waals surface area contributed by atoms with Crippen LogP contribution in [0.3, 0.4) is 0 Å². The van der Waals surface area contributed by atoms with E-state index in [-0.39, 0.29) is 11.1 Å². The lowest BCUT2D eigenvalue weighted by Crippen LogP contribution is -2.24. The predicted octanol–water partition coefficient (Wildman–Crippen LogP) is 2.40. The molecule has 29 heavy (non-hydrogen) atoms. The summed E-state index contributed by atoms with van der Waals surface area (Å²) in [6.07, 6.45) is -5.16. The topological polar surface area (TPSA) is 127 Å². The SMILES string of the molecule is CC(CO)C(=O)Nc1sc(S(=O)(=O)c2ccc(F)cc2C(F)(F)F)cc1C(N)=O. The number of aliphatic hydroxyl groups excluding tert-OH is 1. The number of primary amides is 1. The maximum atomic E-state index is 13.3. The second-order valence-corrected chi connectivity index (χ2v) is 9.08. The van der Waals surface area contributed by atoms with Gasteiger partial charge in [-0.1, -0.05) is 6.92 Å². The lowest BCUT2D eigenvalue weighted by atomic mass is 10.2. The van der Waals surface area contributed by atoms with Crippen molar-refractivity contribution < 1.29 is 40.7 Å². The van der Waals surface area contributed by atoms with Crippen molar-refractivity contribution >= 4 is 38.0 Å². The smallest absolute Gasteiger partial charge is 0.396 e. The van der Waals surface area contributed by atoms with Crippen LogP contribution in [0.1, 0.15) is 22.8 Å². The molecule has 4 N–H and O–H groups in total. The highest BCUT2D eigenvalue weighted by Gasteiger charge is 2.39. The number of amides is 2. The summed E-state index contributed by atoms with van der Waals surface area (Å²) in [5, 5.41) is 10.9. The van der Waals surface area contributed by atoms with E-state index in [0.717, 1.165) is 6.07 Å². The number of hydrogen-bond donors (Lipinski definition) is 3. The van der Waals surface area contributed by atoms with Gasteiger partial charge in [0, 0.05) is 0 Å². The number of carbonyl (C=O) groups excluding carboxylic acids is 2. The van der Waals surface area contributed by atoms with Crippen LogP contribution >= 0.6 is 11.3 Å². The van der Waals surface area contributed by atoms with Crippen molar-refractivity contribution in [2.75, 3.05) is 11.9 Å². The molecule has 0 saturated heterocycles. The number of aliphatic hydroxyl groups is 1. The molecular formula is C16H14F4N2O5S2. The van der Waals surface area contributed by atoms with Crippen LogP contribution in [0.4, 0.5) is 22.6 Å². The molecule has 0 aliphatic carbocycles. The van der Waals surface area contributed by atoms with Crippen molar-refractivity contribution in [2.24, 2.45) is 11.7 Å². The van der Waals surface area contributed by atoms with Crippen LogP contribution in [0.2, 0.25) is 0 Å². The number of thiophene rings is 1. The van der Waals surface area contributed by atoms with E-state index in [9.17, 15) is 35.6 Å². The van der Waals surface area contributed by atoms with Crippen LogP contribution in [-0.2, 0) is 20.8 Å². The molecule has 1 heterocycles. The fraction of sp³-hybridized carbons (Fsp3) is 0.250. The van der Waals surface area contributed by atoms with Crippen molar-refractivity contribution in [1.29, 1.82) is 0 Å². The predicted molar refractivity (Wildman–Crippen MR) is 94.6 cm³/mol. The molecule has 1 unspecified atom stereocenters. The molecule has 0 spiro atoms. The summed E-state index contributed by atoms with van der Waals surface area (Å²) in [4.78, 5) is 22.3. The molecule has 7 nitrogen and oxygen atoms in total. The standard InChI is InChI=1S/C16H14F4N2O5S2/c1-7(6-23)14(25)22-15-9(13(21)24)5-12(28-15)29(26,27)11-3-2-8(17)4-10(11)16(18,19)20/h2-5,7,23H,6H2,1H3,(H2,21,24)(H,22,25). The molecule has 1 aromatic carbocycles. The zero-order chi connectivity index (χ0) is 22.1. The van der Waals surface area contributed by atoms with Gasteiger partial charge < -0.3 is 16.2 Å². The van der Waals surface area contributed by atoms with Crippen LogP contribution in [0.25, 0.3) is 0 Å². The number of nitrogens with two attached hydrogens (primary N) is 1. The summed E-state index contributed by atoms with van der Waals surface area (Å²) in [6.45, 7) is 0.803. The molecule has 0 saturated carbocycles. The summed E-state index contributed by atoms with van der Waals surface area (Å²) in [5.74, 6) is -4.10. The first kappa shape index (κ1) is 22.8. The van der Waals surface area contributed by atoms with E-state index in [1.165, 1.54) is 6.92 Å². The Morgan fingerprint density at radius 3 is 2.41 bits per heavy atom. The Bertz CT molecular complexity index is 1060. The monoisotopic (exact) mass is 454 g/mol. The summed E-state index contributed by atoms with van der Waals surface area (Å²) >= 11 is 0.306. The third kappa shape index (κ3) is 4.74. The summed E-state index contributed by atoms with van der Waals surface area (Å²) in [5.41, 5.74) is 3.00. The Hall–Kier alpha value is -2.51. The summed E-state index contributed by atoms with van der Waals surface area (Å²) in [7, 11) is -4.84. The number of hydrogen-bond acceptors (Lipinski definition) is 6. The van der Waals surface area contributed by atoms with E-state index in [1.807, 2.05) is 0 Å². The van der Waals surface area contributed by atoms with Gasteiger partial charge in [-0.15, -0.1) is 11.3 Å². The summed E-state index contributed by atoms with van der Waals surface area (Å²) in [6, 6.07) is 1.78. The van der Waals surface area contributed by atoms with Gasteiger partial charge in [-0.25, -0.2) is 12.8 Å². The van der Waals surface area contributed by atoms with Gasteiger partial charge in [-0.05, 0) is 24.3 Å². The average Bonchev–Trinajstić information content (AvgIpc) is 3.04. The number of halogens is 4. The van der Waals surface area contributed by atoms with Crippen molar-refractivity contribution in [3.63, 3.8) is 0 Å². The van der Waals surface area contributed by atoms with Crippen molar-refractivity contribution in [3.8, 4) is 0 Å². The van der Waals surface area contributed by atoms with E-state index in [0.29, 0.717) is 23.5 Å². The van der Waals surface area contributed by atoms with E-state index in [1.54, 1.807) is 0 Å². The minimum Gasteiger partial charge on any atom is -0.396 e. The molecule has 0 aliphatic rings. The van der Waals surface area contributed by atoms with Crippen molar-refractivity contribution in [3.05, 3.63) is 41.2 Å². The van der Waals surface area contributed by atoms with E-state index >= 15 is 0 Å². The van der Waals surface area contributed by atoms with Gasteiger partial charge in [0.25, 0.3) is 5.91 Å². The van der Waals surface area contributed by atoms with Gasteiger partial charge in [-0.2, -0.15) is 13.2 Å². The Balaban J connectivity index is 2.62. The minimum absolute atomic E-state index is 0.0428. The molecule has 0 bridgehead atoms. The fourth-order valence-corrected chi connectivity index (χ4v) is 5.12. The zero-order valence-electron chi connectivity index (χ0n) is 14.6. The maximum absolute atomic E-state index is 13.3. The lowest BCUT2D eigenvalue weighted by Gasteiger charge is -2.12. The molecule has 13 heteroatoms. The first-order chi connectivity index (χ1) is 13.3. The zero-order valence-corrected chi connectivity index (χ0v) is 16.2. The number of alkyl halides is 3. The summed E-state index contributed by atoms with van der Waals surface area (Å²) < 4.78 is 77.7. The van der Waals surface area contributed by atoms with Gasteiger partial charge >= 0.3 is 6.18 Å². The maximum Gasteiger partial charge on any atom is 0.417 e. The Morgan fingerprint density at radius 1 is 1.28 bits per heavy atom. The second-order valence-electron chi connectivity index (χ2n) is 5.89. The third-order valence-electron chi connectivity index (χ3n) is 3.73. The van der Waals surface area contributed by atoms with Gasteiger partial charge in [-0.3, -0.25) is 9.59 Å². The largest absolute Gasteiger partial charge is 0.417 e. The molecule has 2 amide bonds. The van der Waals surface area contributed by atoms with E-state index in [2.05, 4.69) is 5.32 Å². The number of nitrogens with one attached hydrogen (secondary N) is 1. The van der Waals surface area contributed by atoms with Crippen LogP contribution < -0.4 is 11.1 Å². The number of benzene rings is 1. The van der Waals surface area contributed by atoms with Crippen LogP contribution in [0, 0.1) is 11.7 Å². The molecule has 0 fully saturated rings. The highest BCUT2D eigenvalue weighted by Crippen LogP contribution is 2.40. The number of anilines is 1. The van der Waals surface area contributed by atoms with Gasteiger partial charge in [0.2, 0.25) is 15.7 Å². The van der Waals surface area contributed by atoms with E-state index < -0.39 is 66.4 Å². The molecule has 2 aromatic rings. The molecule has 1 aromatic heterocycles. The molecule has 158 valence electrons. The van der Waals surface area contributed by atoms with Gasteiger partial charge in [0.05, 0.1) is 28.5 Å². The highest BCUT2D eigenvalue weighted by atomic mass is 32.2. The molecule has 0 radical (unpaired) electrons. The molecule has 0 aliphatic heterocycles. The van der Waals surface area contributed by atoms with Crippen molar-refractivity contribution in [1.82, 2.24) is 0 Å². The Labute approximate surface area is 166 Å². The lowest BCUT2D eigenvalue weighted by molar-refractivity contribution is -0.140. The minimum atomic E-state index is -5.16. The highest BCUT2D eigenvalue weighted by molar-refractivity contribution is 7.93. The first-order valence-corrected chi connectivity index (χ1v) is 10.1. The average molecular weight is 454 g/mol. The van der Waals surface area contributed by atoms with Gasteiger partial charge in [0.1, 0.15) is 15.0 Å².